The highest BCUT2D eigenvalue weighted by Gasteiger charge is 2.39. The number of fused-ring (bicyclic) bond motifs is 1. The van der Waals surface area contributed by atoms with Crippen LogP contribution in [0.1, 0.15) is 49.5 Å². The molecule has 2 N–H and O–H groups in total. The highest BCUT2D eigenvalue weighted by molar-refractivity contribution is 6.06. The smallest absolute Gasteiger partial charge is 0.255 e. The van der Waals surface area contributed by atoms with Crippen molar-refractivity contribution in [2.24, 2.45) is 0 Å². The number of nitrogens with zero attached hydrogens (tertiary/aromatic N) is 2. The van der Waals surface area contributed by atoms with Crippen LogP contribution >= 0.6 is 0 Å². The van der Waals surface area contributed by atoms with Gasteiger partial charge in [-0.25, -0.2) is 4.39 Å². The summed E-state index contributed by atoms with van der Waals surface area (Å²) in [7, 11) is 0. The molecule has 2 aromatic rings. The first-order valence-electron chi connectivity index (χ1n) is 14.3. The second kappa shape index (κ2) is 9.52. The molecule has 0 saturated carbocycles. The largest absolute Gasteiger partial charge is 0.381 e. The van der Waals surface area contributed by atoms with E-state index in [9.17, 15) is 14.4 Å². The van der Waals surface area contributed by atoms with Gasteiger partial charge in [0.25, 0.3) is 5.91 Å². The zero-order valence-electron chi connectivity index (χ0n) is 25.1. The second-order valence-electron chi connectivity index (χ2n) is 7.96. The van der Waals surface area contributed by atoms with Crippen molar-refractivity contribution in [3.05, 3.63) is 64.5 Å². The summed E-state index contributed by atoms with van der Waals surface area (Å²) in [6.07, 6.45) is -0.726. The van der Waals surface area contributed by atoms with Crippen molar-refractivity contribution in [1.29, 1.82) is 0 Å². The third kappa shape index (κ3) is 4.53. The summed E-state index contributed by atoms with van der Waals surface area (Å²) in [4.78, 5) is 39.6. The molecule has 0 aliphatic carbocycles. The topological polar surface area (TPSA) is 91.0 Å². The molecule has 1 atom stereocenters. The van der Waals surface area contributed by atoms with E-state index in [0.29, 0.717) is 18.1 Å². The lowest BCUT2D eigenvalue weighted by Gasteiger charge is -2.29. The zero-order valence-corrected chi connectivity index (χ0v) is 18.1. The average Bonchev–Trinajstić information content (AvgIpc) is 3.12. The molecule has 0 radical (unpaired) electrons. The Morgan fingerprint density at radius 3 is 2.85 bits per heavy atom. The summed E-state index contributed by atoms with van der Waals surface area (Å²) < 4.78 is 81.1. The Morgan fingerprint density at radius 1 is 1.24 bits per heavy atom. The molecule has 9 heteroatoms. The third-order valence-electron chi connectivity index (χ3n) is 5.69. The lowest BCUT2D eigenvalue weighted by atomic mass is 10.0. The standard InChI is InChI=1S/C25H27FN4O4/c26-20-5-4-16(14-29-8-10-34-11-9-29)12-17(20)13-27-21-3-1-2-18-19(21)15-30(25(18)33)22-6-7-23(31)28-24(22)32/h1-5,12,22,27H,6-11,13-15H2,(H,28,31,32)/i13D2,14D2,15D2,22D. The van der Waals surface area contributed by atoms with Gasteiger partial charge in [-0.2, -0.15) is 0 Å². The number of carbonyl (C=O) groups excluding carboxylic acids is 3. The van der Waals surface area contributed by atoms with Crippen molar-refractivity contribution < 1.29 is 33.1 Å². The average molecular weight is 474 g/mol. The number of halogens is 1. The highest BCUT2D eigenvalue weighted by atomic mass is 19.1. The van der Waals surface area contributed by atoms with Gasteiger partial charge in [-0.15, -0.1) is 0 Å². The number of benzene rings is 2. The molecule has 3 aliphatic heterocycles. The van der Waals surface area contributed by atoms with Gasteiger partial charge in [-0.3, -0.25) is 24.6 Å². The first-order chi connectivity index (χ1) is 19.1. The number of anilines is 1. The number of morpholine rings is 1. The van der Waals surface area contributed by atoms with Gasteiger partial charge >= 0.3 is 0 Å². The minimum absolute atomic E-state index is 0.00505. The molecule has 2 fully saturated rings. The summed E-state index contributed by atoms with van der Waals surface area (Å²) in [6, 6.07) is 4.69. The molecule has 34 heavy (non-hydrogen) atoms. The van der Waals surface area contributed by atoms with Gasteiger partial charge in [-0.05, 0) is 36.2 Å². The van der Waals surface area contributed by atoms with E-state index in [0.717, 1.165) is 12.1 Å². The number of piperidine rings is 1. The van der Waals surface area contributed by atoms with Crippen LogP contribution in [0.5, 0.6) is 0 Å². The molecule has 1 unspecified atom stereocenters. The number of hydrogen-bond acceptors (Lipinski definition) is 6. The fourth-order valence-corrected chi connectivity index (χ4v) is 3.93. The fraction of sp³-hybridized carbons (Fsp3) is 0.400. The van der Waals surface area contributed by atoms with E-state index in [1.165, 1.54) is 29.2 Å². The molecule has 2 saturated heterocycles. The third-order valence-corrected chi connectivity index (χ3v) is 5.69. The van der Waals surface area contributed by atoms with Crippen molar-refractivity contribution in [3.63, 3.8) is 0 Å². The molecular weight excluding hydrogens is 439 g/mol. The van der Waals surface area contributed by atoms with Crippen LogP contribution in [0.15, 0.2) is 36.4 Å². The number of ether oxygens (including phenoxy) is 1. The van der Waals surface area contributed by atoms with E-state index >= 15 is 4.39 Å². The van der Waals surface area contributed by atoms with E-state index in [2.05, 4.69) is 5.32 Å². The van der Waals surface area contributed by atoms with E-state index in [1.54, 1.807) is 0 Å². The van der Waals surface area contributed by atoms with Crippen molar-refractivity contribution >= 4 is 23.4 Å². The Kier molecular flexibility index (Phi) is 4.36. The number of carbonyl (C=O) groups is 3. The molecule has 0 aromatic heterocycles. The van der Waals surface area contributed by atoms with Gasteiger partial charge in [0.1, 0.15) is 11.8 Å². The van der Waals surface area contributed by atoms with E-state index in [4.69, 9.17) is 14.3 Å². The van der Waals surface area contributed by atoms with Crippen molar-refractivity contribution in [2.75, 3.05) is 31.6 Å². The Balaban J connectivity index is 1.51. The summed E-state index contributed by atoms with van der Waals surface area (Å²) in [5.74, 6) is -3.79. The number of hydrogen-bond donors (Lipinski definition) is 2. The fourth-order valence-electron chi connectivity index (χ4n) is 3.93. The van der Waals surface area contributed by atoms with Gasteiger partial charge in [0.05, 0.1) is 20.1 Å². The summed E-state index contributed by atoms with van der Waals surface area (Å²) in [5.41, 5.74) is -1.36. The Labute approximate surface area is 206 Å². The normalized spacial score (nSPS) is 28.4. The predicted octanol–water partition coefficient (Wildman–Crippen LogP) is 2.03. The van der Waals surface area contributed by atoms with Crippen LogP contribution in [0.4, 0.5) is 10.1 Å². The molecule has 3 aliphatic rings. The molecule has 2 aromatic carbocycles. The van der Waals surface area contributed by atoms with Gasteiger partial charge in [0, 0.05) is 64.1 Å². The lowest BCUT2D eigenvalue weighted by Crippen LogP contribution is -2.52. The molecule has 5 rings (SSSR count). The SMILES string of the molecule is [2H]C([2H])(Nc1cccc2c1C([2H])([2H])N(C1([2H])CCC(=O)NC1=O)C2=O)c1cc(C([2H])([2H])N2CCOCC2)ccc1F. The second-order valence-corrected chi connectivity index (χ2v) is 7.96. The summed E-state index contributed by atoms with van der Waals surface area (Å²) >= 11 is 0. The maximum absolute atomic E-state index is 15.0. The maximum atomic E-state index is 15.0. The Bertz CT molecular complexity index is 1440. The van der Waals surface area contributed by atoms with Gasteiger partial charge in [-0.1, -0.05) is 12.1 Å². The van der Waals surface area contributed by atoms with Gasteiger partial charge in [0.15, 0.2) is 0 Å². The predicted molar refractivity (Wildman–Crippen MR) is 122 cm³/mol. The first-order valence-corrected chi connectivity index (χ1v) is 10.8. The number of nitrogens with one attached hydrogen (secondary N) is 2. The Hall–Kier alpha value is -3.30. The summed E-state index contributed by atoms with van der Waals surface area (Å²) in [5, 5.41) is 4.44. The lowest BCUT2D eigenvalue weighted by molar-refractivity contribution is -0.136. The minimum Gasteiger partial charge on any atom is -0.381 e. The number of imide groups is 1. The van der Waals surface area contributed by atoms with E-state index < -0.39 is 61.0 Å². The molecule has 0 spiro atoms. The van der Waals surface area contributed by atoms with Crippen LogP contribution in [-0.2, 0) is 33.8 Å². The van der Waals surface area contributed by atoms with E-state index in [1.807, 2.05) is 5.32 Å². The number of rotatable bonds is 6. The van der Waals surface area contributed by atoms with E-state index in [-0.39, 0.29) is 41.9 Å². The van der Waals surface area contributed by atoms with Crippen LogP contribution in [0.2, 0.25) is 0 Å². The molecular formula is C25H27FN4O4. The van der Waals surface area contributed by atoms with Crippen LogP contribution in [0, 0.1) is 5.82 Å². The van der Waals surface area contributed by atoms with Crippen LogP contribution in [0.3, 0.4) is 0 Å². The number of amides is 3. The van der Waals surface area contributed by atoms with Crippen molar-refractivity contribution in [3.8, 4) is 0 Å². The van der Waals surface area contributed by atoms with Crippen LogP contribution < -0.4 is 10.6 Å². The van der Waals surface area contributed by atoms with Gasteiger partial charge < -0.3 is 15.0 Å². The van der Waals surface area contributed by atoms with Crippen molar-refractivity contribution in [1.82, 2.24) is 15.1 Å². The minimum atomic E-state index is -2.79. The first kappa shape index (κ1) is 15.6. The molecule has 8 nitrogen and oxygen atoms in total. The zero-order chi connectivity index (χ0) is 30.0. The quantitative estimate of drug-likeness (QED) is 0.624. The highest BCUT2D eigenvalue weighted by Crippen LogP contribution is 2.32. The van der Waals surface area contributed by atoms with Crippen LogP contribution in [0.25, 0.3) is 0 Å². The monoisotopic (exact) mass is 473 g/mol. The molecule has 3 amide bonds. The van der Waals surface area contributed by atoms with Gasteiger partial charge in [0.2, 0.25) is 11.8 Å². The van der Waals surface area contributed by atoms with Crippen molar-refractivity contribution in [2.45, 2.75) is 38.4 Å². The Morgan fingerprint density at radius 2 is 2.06 bits per heavy atom. The molecule has 3 heterocycles. The molecule has 0 bridgehead atoms. The molecule has 178 valence electrons. The van der Waals surface area contributed by atoms with Crippen LogP contribution in [-0.4, -0.2) is 59.8 Å². The summed E-state index contributed by atoms with van der Waals surface area (Å²) in [6.45, 7) is -6.40. The maximum Gasteiger partial charge on any atom is 0.255 e.